The van der Waals surface area contributed by atoms with E-state index in [1.807, 2.05) is 48.5 Å². The second-order valence-corrected chi connectivity index (χ2v) is 9.58. The van der Waals surface area contributed by atoms with E-state index in [4.69, 9.17) is 15.2 Å². The molecule has 0 unspecified atom stereocenters. The Morgan fingerprint density at radius 2 is 0.946 bits per heavy atom. The van der Waals surface area contributed by atoms with Gasteiger partial charge >= 0.3 is 11.9 Å². The van der Waals surface area contributed by atoms with Crippen molar-refractivity contribution in [3.8, 4) is 22.3 Å². The lowest BCUT2D eigenvalue weighted by Gasteiger charge is -2.17. The first-order valence-corrected chi connectivity index (χ1v) is 12.6. The molecule has 0 amide bonds. The lowest BCUT2D eigenvalue weighted by atomic mass is 9.98. The first-order chi connectivity index (χ1) is 18.1. The van der Waals surface area contributed by atoms with Gasteiger partial charge in [0.1, 0.15) is 19.3 Å². The van der Waals surface area contributed by atoms with Crippen LogP contribution < -0.4 is 5.73 Å². The van der Waals surface area contributed by atoms with Gasteiger partial charge in [-0.1, -0.05) is 97.1 Å². The molecule has 2 N–H and O–H groups in total. The van der Waals surface area contributed by atoms with E-state index in [0.717, 1.165) is 44.5 Å². The van der Waals surface area contributed by atoms with Crippen molar-refractivity contribution in [3.05, 3.63) is 119 Å². The van der Waals surface area contributed by atoms with Crippen LogP contribution in [0, 0.1) is 0 Å². The van der Waals surface area contributed by atoms with E-state index < -0.39 is 18.0 Å². The molecule has 184 valence electrons. The zero-order valence-corrected chi connectivity index (χ0v) is 20.3. The zero-order chi connectivity index (χ0) is 25.4. The van der Waals surface area contributed by atoms with E-state index in [0.29, 0.717) is 0 Å². The number of hydrogen-bond acceptors (Lipinski definition) is 5. The third-order valence-electron chi connectivity index (χ3n) is 7.42. The van der Waals surface area contributed by atoms with Crippen molar-refractivity contribution in [2.75, 3.05) is 13.2 Å². The fourth-order valence-electron chi connectivity index (χ4n) is 5.65. The first kappa shape index (κ1) is 23.2. The van der Waals surface area contributed by atoms with Crippen LogP contribution in [0.3, 0.4) is 0 Å². The van der Waals surface area contributed by atoms with Crippen molar-refractivity contribution in [2.24, 2.45) is 5.73 Å². The van der Waals surface area contributed by atoms with E-state index in [-0.39, 0.29) is 31.5 Å². The number of ether oxygens (including phenoxy) is 2. The van der Waals surface area contributed by atoms with Gasteiger partial charge in [-0.15, -0.1) is 0 Å². The predicted molar refractivity (Wildman–Crippen MR) is 142 cm³/mol. The number of rotatable bonds is 7. The minimum atomic E-state index is -1.08. The highest BCUT2D eigenvalue weighted by atomic mass is 16.5. The van der Waals surface area contributed by atoms with E-state index >= 15 is 0 Å². The van der Waals surface area contributed by atoms with Gasteiger partial charge in [-0.3, -0.25) is 9.59 Å². The number of carbonyl (C=O) groups excluding carboxylic acids is 2. The van der Waals surface area contributed by atoms with Gasteiger partial charge in [0.15, 0.2) is 0 Å². The summed E-state index contributed by atoms with van der Waals surface area (Å²) in [6, 6.07) is 31.5. The third kappa shape index (κ3) is 4.21. The molecule has 0 bridgehead atoms. The van der Waals surface area contributed by atoms with E-state index in [9.17, 15) is 9.59 Å². The van der Waals surface area contributed by atoms with Crippen LogP contribution in [0.4, 0.5) is 0 Å². The largest absolute Gasteiger partial charge is 0.465 e. The number of fused-ring (bicyclic) bond motifs is 6. The summed E-state index contributed by atoms with van der Waals surface area (Å²) >= 11 is 0. The molecule has 5 heteroatoms. The molecule has 0 spiro atoms. The van der Waals surface area contributed by atoms with Crippen LogP contribution in [0.15, 0.2) is 97.1 Å². The van der Waals surface area contributed by atoms with Gasteiger partial charge in [0.25, 0.3) is 0 Å². The summed E-state index contributed by atoms with van der Waals surface area (Å²) in [5.41, 5.74) is 15.2. The minimum absolute atomic E-state index is 0.0398. The molecule has 37 heavy (non-hydrogen) atoms. The molecule has 1 atom stereocenters. The highest BCUT2D eigenvalue weighted by Gasteiger charge is 2.31. The molecule has 4 aromatic carbocycles. The quantitative estimate of drug-likeness (QED) is 0.351. The van der Waals surface area contributed by atoms with Gasteiger partial charge in [0, 0.05) is 11.8 Å². The Balaban J connectivity index is 1.06. The average Bonchev–Trinajstić information content (AvgIpc) is 3.43. The Kier molecular flexibility index (Phi) is 6.07. The molecule has 2 aliphatic carbocycles. The molecule has 0 aromatic heterocycles. The van der Waals surface area contributed by atoms with Crippen molar-refractivity contribution in [3.63, 3.8) is 0 Å². The monoisotopic (exact) mass is 489 g/mol. The number of nitrogens with two attached hydrogens (primary N) is 1. The molecule has 0 saturated carbocycles. The lowest BCUT2D eigenvalue weighted by molar-refractivity contribution is -0.152. The fraction of sp³-hybridized carbons (Fsp3) is 0.188. The number of hydrogen-bond donors (Lipinski definition) is 1. The van der Waals surface area contributed by atoms with Crippen molar-refractivity contribution < 1.29 is 19.1 Å². The van der Waals surface area contributed by atoms with Crippen LogP contribution in [0.1, 0.15) is 40.5 Å². The molecule has 0 radical (unpaired) electrons. The molecule has 0 heterocycles. The predicted octanol–water partition coefficient (Wildman–Crippen LogP) is 5.42. The van der Waals surface area contributed by atoms with Gasteiger partial charge in [0.2, 0.25) is 0 Å². The summed E-state index contributed by atoms with van der Waals surface area (Å²) in [6.07, 6.45) is -0.229. The lowest BCUT2D eigenvalue weighted by Crippen LogP contribution is -2.36. The molecular formula is C32H27NO4. The number of esters is 2. The van der Waals surface area contributed by atoms with E-state index in [1.54, 1.807) is 0 Å². The Labute approximate surface area is 215 Å². The fourth-order valence-corrected chi connectivity index (χ4v) is 5.65. The second-order valence-electron chi connectivity index (χ2n) is 9.58. The highest BCUT2D eigenvalue weighted by Crippen LogP contribution is 2.45. The molecule has 0 saturated heterocycles. The third-order valence-corrected chi connectivity index (χ3v) is 7.42. The smallest absolute Gasteiger partial charge is 0.323 e. The van der Waals surface area contributed by atoms with Crippen LogP contribution in [0.25, 0.3) is 22.3 Å². The topological polar surface area (TPSA) is 78.6 Å². The Morgan fingerprint density at radius 3 is 1.35 bits per heavy atom. The number of benzene rings is 4. The highest BCUT2D eigenvalue weighted by molar-refractivity contribution is 5.84. The van der Waals surface area contributed by atoms with E-state index in [2.05, 4.69) is 48.5 Å². The molecule has 2 aliphatic rings. The molecule has 0 fully saturated rings. The summed E-state index contributed by atoms with van der Waals surface area (Å²) in [6.45, 7) is 0.371. The Morgan fingerprint density at radius 1 is 0.595 bits per heavy atom. The molecular weight excluding hydrogens is 462 g/mol. The van der Waals surface area contributed by atoms with E-state index in [1.165, 1.54) is 0 Å². The number of carbonyl (C=O) groups is 2. The standard InChI is InChI=1S/C32H27NO4/c33-30(32(35)37-19-29-26-15-7-3-11-22(26)23-12-4-8-16-27(23)29)17-31(34)36-18-28-24-13-5-1-9-20(24)21-10-2-6-14-25(21)28/h1-16,28-30H,17-19,33H2/t30-/m1/s1. The van der Waals surface area contributed by atoms with Gasteiger partial charge in [0.05, 0.1) is 6.42 Å². The van der Waals surface area contributed by atoms with Gasteiger partial charge < -0.3 is 15.2 Å². The van der Waals surface area contributed by atoms with Crippen LogP contribution >= 0.6 is 0 Å². The van der Waals surface area contributed by atoms with Crippen molar-refractivity contribution in [1.29, 1.82) is 0 Å². The average molecular weight is 490 g/mol. The molecule has 6 rings (SSSR count). The summed E-state index contributed by atoms with van der Waals surface area (Å²) in [5, 5.41) is 0. The van der Waals surface area contributed by atoms with Crippen LogP contribution in [-0.4, -0.2) is 31.2 Å². The van der Waals surface area contributed by atoms with Gasteiger partial charge in [-0.25, -0.2) is 0 Å². The maximum Gasteiger partial charge on any atom is 0.323 e. The van der Waals surface area contributed by atoms with Crippen molar-refractivity contribution in [2.45, 2.75) is 24.3 Å². The molecule has 4 aromatic rings. The molecule has 0 aliphatic heterocycles. The maximum absolute atomic E-state index is 12.7. The van der Waals surface area contributed by atoms with Crippen LogP contribution in [-0.2, 0) is 19.1 Å². The van der Waals surface area contributed by atoms with Gasteiger partial charge in [-0.05, 0) is 44.5 Å². The first-order valence-electron chi connectivity index (χ1n) is 12.6. The Hall–Kier alpha value is -4.22. The summed E-state index contributed by atoms with van der Waals surface area (Å²) in [5.74, 6) is -1.21. The second kappa shape index (κ2) is 9.68. The summed E-state index contributed by atoms with van der Waals surface area (Å²) < 4.78 is 11.2. The normalized spacial score (nSPS) is 14.3. The van der Waals surface area contributed by atoms with Gasteiger partial charge in [-0.2, -0.15) is 0 Å². The minimum Gasteiger partial charge on any atom is -0.465 e. The van der Waals surface area contributed by atoms with Crippen LogP contribution in [0.2, 0.25) is 0 Å². The van der Waals surface area contributed by atoms with Crippen molar-refractivity contribution >= 4 is 11.9 Å². The molecule has 5 nitrogen and oxygen atoms in total. The zero-order valence-electron chi connectivity index (χ0n) is 20.3. The maximum atomic E-state index is 12.7. The summed E-state index contributed by atoms with van der Waals surface area (Å²) in [7, 11) is 0. The summed E-state index contributed by atoms with van der Waals surface area (Å²) in [4.78, 5) is 25.3. The van der Waals surface area contributed by atoms with Crippen molar-refractivity contribution in [1.82, 2.24) is 0 Å². The Bertz CT molecular complexity index is 1400. The van der Waals surface area contributed by atoms with Crippen LogP contribution in [0.5, 0.6) is 0 Å². The SMILES string of the molecule is N[C@H](CC(=O)OCC1c2ccccc2-c2ccccc21)C(=O)OCC1c2ccccc2-c2ccccc21.